The maximum atomic E-state index is 13.0. The second-order valence-electron chi connectivity index (χ2n) is 5.76. The maximum absolute atomic E-state index is 13.0. The molecule has 0 bridgehead atoms. The third-order valence-corrected chi connectivity index (χ3v) is 4.41. The zero-order valence-corrected chi connectivity index (χ0v) is 15.9. The highest BCUT2D eigenvalue weighted by Gasteiger charge is 2.07. The van der Waals surface area contributed by atoms with Crippen LogP contribution in [0.5, 0.6) is 11.5 Å². The minimum Gasteiger partial charge on any atom is -0.493 e. The number of ether oxygens (including phenoxy) is 2. The molecule has 0 aliphatic rings. The normalized spacial score (nSPS) is 10.4. The molecule has 0 saturated heterocycles. The largest absolute Gasteiger partial charge is 0.493 e. The third kappa shape index (κ3) is 4.99. The number of methoxy groups -OCH3 is 1. The van der Waals surface area contributed by atoms with Crippen LogP contribution in [0.4, 0.5) is 10.1 Å². The van der Waals surface area contributed by atoms with Crippen molar-refractivity contribution in [2.75, 3.05) is 12.4 Å². The zero-order valence-electron chi connectivity index (χ0n) is 14.3. The first kappa shape index (κ1) is 18.3. The Hall–Kier alpha value is -2.53. The number of rotatable bonds is 7. The van der Waals surface area contributed by atoms with Gasteiger partial charge in [0.05, 0.1) is 7.11 Å². The molecule has 5 heteroatoms. The van der Waals surface area contributed by atoms with E-state index in [1.807, 2.05) is 42.5 Å². The molecule has 0 atom stereocenters. The van der Waals surface area contributed by atoms with Crippen LogP contribution in [0, 0.1) is 5.82 Å². The van der Waals surface area contributed by atoms with E-state index in [2.05, 4.69) is 21.2 Å². The van der Waals surface area contributed by atoms with Gasteiger partial charge in [-0.05, 0) is 59.7 Å². The van der Waals surface area contributed by atoms with E-state index in [1.54, 1.807) is 19.2 Å². The summed E-state index contributed by atoms with van der Waals surface area (Å²) >= 11 is 3.43. The van der Waals surface area contributed by atoms with Gasteiger partial charge >= 0.3 is 0 Å². The van der Waals surface area contributed by atoms with Gasteiger partial charge in [-0.1, -0.05) is 34.1 Å². The number of benzene rings is 3. The molecule has 3 aromatic carbocycles. The average Bonchev–Trinajstić information content (AvgIpc) is 2.67. The Labute approximate surface area is 160 Å². The molecule has 0 unspecified atom stereocenters. The Bertz CT molecular complexity index is 851. The molecule has 3 rings (SSSR count). The Kier molecular flexibility index (Phi) is 6.12. The van der Waals surface area contributed by atoms with Crippen LogP contribution in [0.3, 0.4) is 0 Å². The van der Waals surface area contributed by atoms with Crippen molar-refractivity contribution < 1.29 is 13.9 Å². The summed E-state index contributed by atoms with van der Waals surface area (Å²) in [6.45, 7) is 1.03. The smallest absolute Gasteiger partial charge is 0.161 e. The molecule has 0 spiro atoms. The molecule has 0 radical (unpaired) electrons. The lowest BCUT2D eigenvalue weighted by molar-refractivity contribution is 0.284. The zero-order chi connectivity index (χ0) is 18.4. The van der Waals surface area contributed by atoms with Gasteiger partial charge in [0.1, 0.15) is 12.4 Å². The summed E-state index contributed by atoms with van der Waals surface area (Å²) in [5.74, 6) is 1.07. The third-order valence-electron chi connectivity index (χ3n) is 3.88. The summed E-state index contributed by atoms with van der Waals surface area (Å²) < 4.78 is 25.3. The van der Waals surface area contributed by atoms with E-state index in [9.17, 15) is 4.39 Å². The Morgan fingerprint density at radius 3 is 2.27 bits per heavy atom. The second-order valence-corrected chi connectivity index (χ2v) is 6.68. The summed E-state index contributed by atoms with van der Waals surface area (Å²) in [6.07, 6.45) is 0. The summed E-state index contributed by atoms with van der Waals surface area (Å²) in [4.78, 5) is 0. The van der Waals surface area contributed by atoms with Crippen LogP contribution >= 0.6 is 15.9 Å². The van der Waals surface area contributed by atoms with Gasteiger partial charge in [0, 0.05) is 16.7 Å². The molecular formula is C21H19BrFNO2. The van der Waals surface area contributed by atoms with Gasteiger partial charge in [0.2, 0.25) is 0 Å². The fourth-order valence-corrected chi connectivity index (χ4v) is 2.72. The number of hydrogen-bond donors (Lipinski definition) is 1. The van der Waals surface area contributed by atoms with Crippen LogP contribution in [0.2, 0.25) is 0 Å². The van der Waals surface area contributed by atoms with Crippen molar-refractivity contribution in [1.82, 2.24) is 0 Å². The molecule has 3 nitrogen and oxygen atoms in total. The molecule has 3 aromatic rings. The van der Waals surface area contributed by atoms with Crippen molar-refractivity contribution >= 4 is 21.6 Å². The first-order valence-electron chi connectivity index (χ1n) is 8.17. The Balaban J connectivity index is 1.63. The topological polar surface area (TPSA) is 30.5 Å². The molecule has 0 aliphatic carbocycles. The van der Waals surface area contributed by atoms with E-state index >= 15 is 0 Å². The van der Waals surface area contributed by atoms with Crippen LogP contribution in [0.25, 0.3) is 0 Å². The van der Waals surface area contributed by atoms with Crippen molar-refractivity contribution in [2.45, 2.75) is 13.2 Å². The van der Waals surface area contributed by atoms with E-state index in [-0.39, 0.29) is 5.82 Å². The van der Waals surface area contributed by atoms with Gasteiger partial charge < -0.3 is 14.8 Å². The van der Waals surface area contributed by atoms with Crippen molar-refractivity contribution in [3.05, 3.63) is 88.1 Å². The fourth-order valence-electron chi connectivity index (χ4n) is 2.45. The van der Waals surface area contributed by atoms with Gasteiger partial charge in [-0.2, -0.15) is 0 Å². The molecule has 0 aromatic heterocycles. The molecule has 0 amide bonds. The highest BCUT2D eigenvalue weighted by molar-refractivity contribution is 9.10. The maximum Gasteiger partial charge on any atom is 0.161 e. The number of nitrogens with one attached hydrogen (secondary N) is 1. The van der Waals surface area contributed by atoms with Gasteiger partial charge in [-0.3, -0.25) is 0 Å². The highest BCUT2D eigenvalue weighted by Crippen LogP contribution is 2.29. The van der Waals surface area contributed by atoms with Crippen molar-refractivity contribution in [1.29, 1.82) is 0 Å². The molecule has 26 heavy (non-hydrogen) atoms. The summed E-state index contributed by atoms with van der Waals surface area (Å²) in [6, 6.07) is 20.1. The van der Waals surface area contributed by atoms with Crippen molar-refractivity contribution in [2.24, 2.45) is 0 Å². The first-order chi connectivity index (χ1) is 12.6. The molecule has 0 aliphatic heterocycles. The van der Waals surface area contributed by atoms with Gasteiger partial charge in [-0.25, -0.2) is 4.39 Å². The van der Waals surface area contributed by atoms with Crippen LogP contribution < -0.4 is 14.8 Å². The molecule has 0 heterocycles. The predicted molar refractivity (Wildman–Crippen MR) is 105 cm³/mol. The lowest BCUT2D eigenvalue weighted by Crippen LogP contribution is -2.02. The Morgan fingerprint density at radius 2 is 1.58 bits per heavy atom. The van der Waals surface area contributed by atoms with Gasteiger partial charge in [-0.15, -0.1) is 0 Å². The second kappa shape index (κ2) is 8.72. The van der Waals surface area contributed by atoms with Crippen molar-refractivity contribution in [3.63, 3.8) is 0 Å². The molecule has 0 saturated carbocycles. The lowest BCUT2D eigenvalue weighted by Gasteiger charge is -2.13. The summed E-state index contributed by atoms with van der Waals surface area (Å²) in [5.41, 5.74) is 3.03. The van der Waals surface area contributed by atoms with E-state index < -0.39 is 0 Å². The van der Waals surface area contributed by atoms with Crippen LogP contribution in [-0.4, -0.2) is 7.11 Å². The van der Waals surface area contributed by atoms with Crippen LogP contribution in [0.1, 0.15) is 11.1 Å². The SMILES string of the molecule is COc1cc(CNc2ccc(Br)cc2)ccc1OCc1ccc(F)cc1. The molecule has 0 fully saturated rings. The van der Waals surface area contributed by atoms with Crippen LogP contribution in [0.15, 0.2) is 71.2 Å². The molecule has 1 N–H and O–H groups in total. The standard InChI is InChI=1S/C21H19BrFNO2/c1-25-21-12-16(13-24-19-9-5-17(22)6-10-19)4-11-20(21)26-14-15-2-7-18(23)8-3-15/h2-12,24H,13-14H2,1H3. The van der Waals surface area contributed by atoms with E-state index in [4.69, 9.17) is 9.47 Å². The van der Waals surface area contributed by atoms with Crippen LogP contribution in [-0.2, 0) is 13.2 Å². The van der Waals surface area contributed by atoms with Crippen molar-refractivity contribution in [3.8, 4) is 11.5 Å². The van der Waals surface area contributed by atoms with E-state index in [0.717, 1.165) is 21.3 Å². The minimum atomic E-state index is -0.256. The predicted octanol–water partition coefficient (Wildman–Crippen LogP) is 5.79. The average molecular weight is 416 g/mol. The summed E-state index contributed by atoms with van der Waals surface area (Å²) in [5, 5.41) is 3.37. The lowest BCUT2D eigenvalue weighted by atomic mass is 10.2. The molecule has 134 valence electrons. The van der Waals surface area contributed by atoms with E-state index in [1.165, 1.54) is 12.1 Å². The number of anilines is 1. The Morgan fingerprint density at radius 1 is 0.885 bits per heavy atom. The number of halogens is 2. The highest BCUT2D eigenvalue weighted by atomic mass is 79.9. The first-order valence-corrected chi connectivity index (χ1v) is 8.97. The van der Waals surface area contributed by atoms with Gasteiger partial charge in [0.25, 0.3) is 0 Å². The number of hydrogen-bond acceptors (Lipinski definition) is 3. The quantitative estimate of drug-likeness (QED) is 0.529. The minimum absolute atomic E-state index is 0.256. The van der Waals surface area contributed by atoms with E-state index in [0.29, 0.717) is 24.7 Å². The molecular weight excluding hydrogens is 397 g/mol. The monoisotopic (exact) mass is 415 g/mol. The summed E-state index contributed by atoms with van der Waals surface area (Å²) in [7, 11) is 1.62. The van der Waals surface area contributed by atoms with Gasteiger partial charge in [0.15, 0.2) is 11.5 Å². The fraction of sp³-hybridized carbons (Fsp3) is 0.143.